The Morgan fingerprint density at radius 2 is 1.00 bits per heavy atom. The van der Waals surface area contributed by atoms with Crippen molar-refractivity contribution < 1.29 is 19.8 Å². The standard InChI is InChI=1S/2C26H28N6O2S/c2*33-14-12-28-24(34)19-9-6-13-32(16-19)26-30-23(29-15-20-10-4-5-11-27-20)22-21(17-35-25(22)31-26)18-7-2-1-3-8-18/h2*1-5,7-8,10-11,17,19,33H,6,9,12-16H2,(H,28,34)(H,29,30,31)/t2*19-/m10/s1. The molecule has 0 aliphatic carbocycles. The van der Waals surface area contributed by atoms with Crippen LogP contribution in [0.15, 0.2) is 120 Å². The number of nitrogens with one attached hydrogen (secondary N) is 4. The number of pyridine rings is 2. The fourth-order valence-corrected chi connectivity index (χ4v) is 10.7. The van der Waals surface area contributed by atoms with Crippen molar-refractivity contribution in [2.75, 3.05) is 72.9 Å². The molecule has 18 heteroatoms. The van der Waals surface area contributed by atoms with E-state index >= 15 is 0 Å². The number of benzene rings is 2. The van der Waals surface area contributed by atoms with Gasteiger partial charge in [-0.15, -0.1) is 22.7 Å². The van der Waals surface area contributed by atoms with Gasteiger partial charge in [0.15, 0.2) is 0 Å². The first-order chi connectivity index (χ1) is 34.4. The molecule has 0 saturated carbocycles. The van der Waals surface area contributed by atoms with Gasteiger partial charge in [-0.1, -0.05) is 72.8 Å². The number of aliphatic hydroxyl groups excluding tert-OH is 2. The average Bonchev–Trinajstić information content (AvgIpc) is 4.07. The van der Waals surface area contributed by atoms with Gasteiger partial charge in [0.1, 0.15) is 21.3 Å². The van der Waals surface area contributed by atoms with E-state index in [4.69, 9.17) is 30.1 Å². The quantitative estimate of drug-likeness (QED) is 0.0559. The Labute approximate surface area is 414 Å². The van der Waals surface area contributed by atoms with Crippen LogP contribution in [0.25, 0.3) is 42.7 Å². The van der Waals surface area contributed by atoms with Crippen LogP contribution in [0, 0.1) is 11.8 Å². The van der Waals surface area contributed by atoms with E-state index in [9.17, 15) is 9.59 Å². The van der Waals surface area contributed by atoms with Gasteiger partial charge in [-0.3, -0.25) is 19.6 Å². The summed E-state index contributed by atoms with van der Waals surface area (Å²) < 4.78 is 0. The summed E-state index contributed by atoms with van der Waals surface area (Å²) in [6.45, 7) is 4.22. The van der Waals surface area contributed by atoms with E-state index in [1.54, 1.807) is 35.1 Å². The van der Waals surface area contributed by atoms with Crippen LogP contribution in [0.2, 0.25) is 0 Å². The summed E-state index contributed by atoms with van der Waals surface area (Å²) >= 11 is 3.20. The molecule has 6 aromatic heterocycles. The van der Waals surface area contributed by atoms with E-state index in [-0.39, 0.29) is 50.0 Å². The molecule has 2 saturated heterocycles. The number of aliphatic hydroxyl groups is 2. The van der Waals surface area contributed by atoms with Crippen LogP contribution in [0.1, 0.15) is 37.1 Å². The summed E-state index contributed by atoms with van der Waals surface area (Å²) in [4.78, 5) is 59.7. The number of piperidine rings is 2. The monoisotopic (exact) mass is 976 g/mol. The number of nitrogens with zero attached hydrogens (tertiary/aromatic N) is 8. The zero-order chi connectivity index (χ0) is 48.1. The maximum absolute atomic E-state index is 12.5. The first kappa shape index (κ1) is 47.9. The number of anilines is 4. The Morgan fingerprint density at radius 3 is 1.40 bits per heavy atom. The van der Waals surface area contributed by atoms with Crippen LogP contribution in [0.4, 0.5) is 23.5 Å². The Morgan fingerprint density at radius 1 is 0.571 bits per heavy atom. The van der Waals surface area contributed by atoms with Crippen molar-refractivity contribution >= 4 is 78.5 Å². The van der Waals surface area contributed by atoms with Crippen LogP contribution < -0.4 is 31.1 Å². The summed E-state index contributed by atoms with van der Waals surface area (Å²) in [5.74, 6) is 2.43. The van der Waals surface area contributed by atoms with Crippen molar-refractivity contribution in [3.63, 3.8) is 0 Å². The predicted molar refractivity (Wildman–Crippen MR) is 279 cm³/mol. The summed E-state index contributed by atoms with van der Waals surface area (Å²) in [7, 11) is 0. The number of aromatic nitrogens is 6. The molecule has 2 aliphatic rings. The van der Waals surface area contributed by atoms with Crippen LogP contribution in [-0.4, -0.2) is 104 Å². The van der Waals surface area contributed by atoms with Crippen molar-refractivity contribution in [3.05, 3.63) is 132 Å². The zero-order valence-corrected chi connectivity index (χ0v) is 40.3. The third kappa shape index (κ3) is 11.7. The number of amides is 2. The topological polar surface area (TPSA) is 207 Å². The average molecular weight is 977 g/mol. The molecule has 10 rings (SSSR count). The molecule has 0 radical (unpaired) electrons. The lowest BCUT2D eigenvalue weighted by Gasteiger charge is -2.32. The first-order valence-electron chi connectivity index (χ1n) is 23.7. The normalized spacial score (nSPS) is 15.8. The third-order valence-electron chi connectivity index (χ3n) is 12.3. The van der Waals surface area contributed by atoms with Crippen LogP contribution in [0.5, 0.6) is 0 Å². The second-order valence-electron chi connectivity index (χ2n) is 17.1. The molecule has 2 amide bonds. The van der Waals surface area contributed by atoms with Gasteiger partial charge in [0, 0.05) is 73.5 Å². The molecule has 8 heterocycles. The smallest absolute Gasteiger partial charge is 0.228 e. The lowest BCUT2D eigenvalue weighted by molar-refractivity contribution is -0.126. The fraction of sp³-hybridized carbons (Fsp3) is 0.308. The van der Waals surface area contributed by atoms with Gasteiger partial charge >= 0.3 is 0 Å². The minimum Gasteiger partial charge on any atom is -0.395 e. The molecule has 0 bridgehead atoms. The Kier molecular flexibility index (Phi) is 16.1. The molecule has 0 spiro atoms. The van der Waals surface area contributed by atoms with E-state index < -0.39 is 0 Å². The molecule has 70 heavy (non-hydrogen) atoms. The van der Waals surface area contributed by atoms with Gasteiger partial charge in [-0.05, 0) is 61.1 Å². The third-order valence-corrected chi connectivity index (χ3v) is 14.1. The van der Waals surface area contributed by atoms with Crippen molar-refractivity contribution in [3.8, 4) is 22.3 Å². The summed E-state index contributed by atoms with van der Waals surface area (Å²) in [6.07, 6.45) is 6.97. The number of thiophene rings is 2. The van der Waals surface area contributed by atoms with Crippen LogP contribution >= 0.6 is 22.7 Å². The Hall–Kier alpha value is -7.12. The van der Waals surface area contributed by atoms with Gasteiger partial charge in [-0.25, -0.2) is 9.97 Å². The highest BCUT2D eigenvalue weighted by Gasteiger charge is 2.30. The molecular formula is C52H56N12O4S2. The van der Waals surface area contributed by atoms with E-state index in [2.05, 4.69) is 76.1 Å². The van der Waals surface area contributed by atoms with E-state index in [0.29, 0.717) is 38.1 Å². The maximum Gasteiger partial charge on any atom is 0.228 e. The van der Waals surface area contributed by atoms with Gasteiger partial charge in [0.2, 0.25) is 23.7 Å². The Bertz CT molecular complexity index is 2760. The molecule has 2 aromatic carbocycles. The Balaban J connectivity index is 0.000000174. The van der Waals surface area contributed by atoms with Gasteiger partial charge < -0.3 is 41.3 Å². The number of carbonyl (C=O) groups is 2. The second kappa shape index (κ2) is 23.5. The molecule has 0 unspecified atom stereocenters. The minimum absolute atomic E-state index is 0.0270. The van der Waals surface area contributed by atoms with Crippen molar-refractivity contribution in [2.24, 2.45) is 11.8 Å². The number of hydrogen-bond donors (Lipinski definition) is 6. The largest absolute Gasteiger partial charge is 0.395 e. The van der Waals surface area contributed by atoms with Crippen molar-refractivity contribution in [1.29, 1.82) is 0 Å². The SMILES string of the molecule is O=C(NCCO)[C@@H]1CCCN(c2nc(NCc3ccccn3)c3c(-c4ccccc4)csc3n2)C1.O=C(NCCO)[C@H]1CCCN(c2nc(NCc3ccccn3)c3c(-c4ccccc4)csc3n2)C1. The molecule has 360 valence electrons. The van der Waals surface area contributed by atoms with Gasteiger partial charge in [-0.2, -0.15) is 9.97 Å². The number of fused-ring (bicyclic) bond motifs is 2. The summed E-state index contributed by atoms with van der Waals surface area (Å²) in [5, 5.41) is 36.9. The van der Waals surface area contributed by atoms with Crippen molar-refractivity contribution in [1.82, 2.24) is 40.5 Å². The molecule has 2 atom stereocenters. The highest BCUT2D eigenvalue weighted by Crippen LogP contribution is 2.40. The van der Waals surface area contributed by atoms with E-state index in [0.717, 1.165) is 104 Å². The molecule has 2 aliphatic heterocycles. The molecule has 16 nitrogen and oxygen atoms in total. The highest BCUT2D eigenvalue weighted by atomic mass is 32.1. The molecule has 6 N–H and O–H groups in total. The van der Waals surface area contributed by atoms with E-state index in [1.165, 1.54) is 0 Å². The number of hydrogen-bond acceptors (Lipinski definition) is 16. The molecule has 2 fully saturated rings. The maximum atomic E-state index is 12.5. The predicted octanol–water partition coefficient (Wildman–Crippen LogP) is 7.38. The fourth-order valence-electron chi connectivity index (χ4n) is 8.81. The zero-order valence-electron chi connectivity index (χ0n) is 38.7. The second-order valence-corrected chi connectivity index (χ2v) is 18.8. The molecule has 8 aromatic rings. The minimum atomic E-state index is -0.150. The van der Waals surface area contributed by atoms with Gasteiger partial charge in [0.25, 0.3) is 0 Å². The van der Waals surface area contributed by atoms with Gasteiger partial charge in [0.05, 0.1) is 60.3 Å². The number of carbonyl (C=O) groups excluding carboxylic acids is 2. The lowest BCUT2D eigenvalue weighted by atomic mass is 9.97. The number of rotatable bonds is 16. The summed E-state index contributed by atoms with van der Waals surface area (Å²) in [5.41, 5.74) is 6.29. The van der Waals surface area contributed by atoms with E-state index in [1.807, 2.05) is 72.8 Å². The first-order valence-corrected chi connectivity index (χ1v) is 25.5. The summed E-state index contributed by atoms with van der Waals surface area (Å²) in [6, 6.07) is 32.3. The van der Waals surface area contributed by atoms with Crippen LogP contribution in [0.3, 0.4) is 0 Å². The lowest BCUT2D eigenvalue weighted by Crippen LogP contribution is -2.44. The van der Waals surface area contributed by atoms with Crippen LogP contribution in [-0.2, 0) is 22.7 Å². The molecular weight excluding hydrogens is 921 g/mol. The highest BCUT2D eigenvalue weighted by molar-refractivity contribution is 7.17. The van der Waals surface area contributed by atoms with Crippen molar-refractivity contribution in [2.45, 2.75) is 38.8 Å².